The normalized spacial score (nSPS) is 15.7. The molecular weight excluding hydrogens is 388 g/mol. The first-order valence-electron chi connectivity index (χ1n) is 9.64. The van der Waals surface area contributed by atoms with E-state index in [9.17, 15) is 13.2 Å². The van der Waals surface area contributed by atoms with Crippen LogP contribution in [-0.4, -0.2) is 73.7 Å². The molecule has 2 heterocycles. The van der Waals surface area contributed by atoms with Gasteiger partial charge in [-0.3, -0.25) is 14.7 Å². The van der Waals surface area contributed by atoms with Crippen LogP contribution in [0.25, 0.3) is 0 Å². The van der Waals surface area contributed by atoms with Gasteiger partial charge in [0, 0.05) is 64.8 Å². The number of pyridine rings is 1. The number of piperazine rings is 1. The van der Waals surface area contributed by atoms with E-state index in [0.29, 0.717) is 24.2 Å². The summed E-state index contributed by atoms with van der Waals surface area (Å²) >= 11 is 0. The van der Waals surface area contributed by atoms with Gasteiger partial charge in [-0.2, -0.15) is 0 Å². The zero-order chi connectivity index (χ0) is 21.2. The Bertz CT molecular complexity index is 982. The summed E-state index contributed by atoms with van der Waals surface area (Å²) in [6.45, 7) is 7.24. The fraction of sp³-hybridized carbons (Fsp3) is 0.429. The van der Waals surface area contributed by atoms with E-state index in [2.05, 4.69) is 9.88 Å². The van der Waals surface area contributed by atoms with E-state index < -0.39 is 10.0 Å². The monoisotopic (exact) mass is 416 g/mol. The largest absolute Gasteiger partial charge is 0.336 e. The minimum absolute atomic E-state index is 0.119. The van der Waals surface area contributed by atoms with Crippen molar-refractivity contribution >= 4 is 15.9 Å². The Morgan fingerprint density at radius 2 is 1.69 bits per heavy atom. The summed E-state index contributed by atoms with van der Waals surface area (Å²) in [5, 5.41) is 0. The summed E-state index contributed by atoms with van der Waals surface area (Å²) in [5.41, 5.74) is 3.11. The van der Waals surface area contributed by atoms with Crippen LogP contribution in [0, 0.1) is 13.8 Å². The minimum Gasteiger partial charge on any atom is -0.336 e. The molecule has 0 atom stereocenters. The van der Waals surface area contributed by atoms with Crippen molar-refractivity contribution in [1.29, 1.82) is 0 Å². The molecule has 0 N–H and O–H groups in total. The third-order valence-electron chi connectivity index (χ3n) is 5.44. The maximum Gasteiger partial charge on any atom is 0.253 e. The van der Waals surface area contributed by atoms with Crippen molar-refractivity contribution < 1.29 is 13.2 Å². The molecule has 1 aliphatic heterocycles. The van der Waals surface area contributed by atoms with Gasteiger partial charge in [0.2, 0.25) is 10.0 Å². The first kappa shape index (κ1) is 21.4. The summed E-state index contributed by atoms with van der Waals surface area (Å²) in [4.78, 5) is 21.4. The van der Waals surface area contributed by atoms with Crippen molar-refractivity contribution in [2.45, 2.75) is 25.3 Å². The number of rotatable bonds is 5. The van der Waals surface area contributed by atoms with Crippen LogP contribution in [0.2, 0.25) is 0 Å². The van der Waals surface area contributed by atoms with E-state index in [1.807, 2.05) is 19.1 Å². The van der Waals surface area contributed by atoms with E-state index in [1.54, 1.807) is 30.3 Å². The molecule has 0 unspecified atom stereocenters. The molecule has 1 aromatic carbocycles. The highest BCUT2D eigenvalue weighted by molar-refractivity contribution is 7.89. The van der Waals surface area contributed by atoms with Crippen molar-refractivity contribution in [3.8, 4) is 0 Å². The average molecular weight is 417 g/mol. The van der Waals surface area contributed by atoms with Crippen LogP contribution in [0.3, 0.4) is 0 Å². The Balaban J connectivity index is 1.74. The molecule has 0 saturated carbocycles. The highest BCUT2D eigenvalue weighted by atomic mass is 32.2. The Morgan fingerprint density at radius 1 is 1.07 bits per heavy atom. The molecule has 0 radical (unpaired) electrons. The van der Waals surface area contributed by atoms with E-state index in [1.165, 1.54) is 30.0 Å². The maximum atomic E-state index is 13.1. The highest BCUT2D eigenvalue weighted by Gasteiger charge is 2.26. The lowest BCUT2D eigenvalue weighted by atomic mass is 10.0. The molecule has 29 heavy (non-hydrogen) atoms. The van der Waals surface area contributed by atoms with Crippen molar-refractivity contribution in [1.82, 2.24) is 19.1 Å². The van der Waals surface area contributed by atoms with Crippen LogP contribution in [-0.2, 0) is 16.6 Å². The van der Waals surface area contributed by atoms with Gasteiger partial charge in [0.15, 0.2) is 0 Å². The van der Waals surface area contributed by atoms with Crippen molar-refractivity contribution in [2.24, 2.45) is 0 Å². The first-order chi connectivity index (χ1) is 13.7. The van der Waals surface area contributed by atoms with Gasteiger partial charge in [0.1, 0.15) is 0 Å². The lowest BCUT2D eigenvalue weighted by molar-refractivity contribution is 0.0628. The van der Waals surface area contributed by atoms with E-state index in [-0.39, 0.29) is 10.8 Å². The van der Waals surface area contributed by atoms with Crippen LogP contribution in [0.4, 0.5) is 0 Å². The van der Waals surface area contributed by atoms with Crippen LogP contribution in [0.1, 0.15) is 27.0 Å². The van der Waals surface area contributed by atoms with Crippen molar-refractivity contribution in [3.63, 3.8) is 0 Å². The molecule has 0 bridgehead atoms. The summed E-state index contributed by atoms with van der Waals surface area (Å²) in [6.07, 6.45) is 3.57. The predicted octanol–water partition coefficient (Wildman–Crippen LogP) is 1.91. The van der Waals surface area contributed by atoms with E-state index >= 15 is 0 Å². The molecule has 1 aromatic heterocycles. The van der Waals surface area contributed by atoms with Crippen molar-refractivity contribution in [3.05, 3.63) is 58.9 Å². The fourth-order valence-electron chi connectivity index (χ4n) is 3.45. The zero-order valence-corrected chi connectivity index (χ0v) is 18.2. The second kappa shape index (κ2) is 8.61. The molecule has 156 valence electrons. The third kappa shape index (κ3) is 4.66. The van der Waals surface area contributed by atoms with E-state index in [4.69, 9.17) is 0 Å². The van der Waals surface area contributed by atoms with Gasteiger partial charge in [-0.1, -0.05) is 0 Å². The van der Waals surface area contributed by atoms with E-state index in [0.717, 1.165) is 25.2 Å². The topological polar surface area (TPSA) is 73.8 Å². The summed E-state index contributed by atoms with van der Waals surface area (Å²) in [6, 6.07) is 7.30. The van der Waals surface area contributed by atoms with Gasteiger partial charge < -0.3 is 4.90 Å². The first-order valence-corrected chi connectivity index (χ1v) is 11.1. The number of hydrogen-bond acceptors (Lipinski definition) is 5. The fourth-order valence-corrected chi connectivity index (χ4v) is 4.67. The Kier molecular flexibility index (Phi) is 6.36. The molecule has 0 spiro atoms. The van der Waals surface area contributed by atoms with Crippen LogP contribution in [0.15, 0.2) is 41.6 Å². The number of carbonyl (C=O) groups is 1. The number of nitrogens with zero attached hydrogens (tertiary/aromatic N) is 4. The summed E-state index contributed by atoms with van der Waals surface area (Å²) in [5.74, 6) is -0.119. The summed E-state index contributed by atoms with van der Waals surface area (Å²) < 4.78 is 26.5. The molecule has 1 saturated heterocycles. The Hall–Kier alpha value is -2.29. The number of aromatic nitrogens is 1. The second-order valence-electron chi connectivity index (χ2n) is 7.63. The van der Waals surface area contributed by atoms with Gasteiger partial charge in [0.05, 0.1) is 4.90 Å². The number of benzene rings is 1. The lowest BCUT2D eigenvalue weighted by Crippen LogP contribution is -2.48. The lowest BCUT2D eigenvalue weighted by Gasteiger charge is -2.35. The van der Waals surface area contributed by atoms with Gasteiger partial charge in [-0.25, -0.2) is 12.7 Å². The Morgan fingerprint density at radius 3 is 2.28 bits per heavy atom. The third-order valence-corrected chi connectivity index (χ3v) is 7.38. The molecule has 1 amide bonds. The average Bonchev–Trinajstić information content (AvgIpc) is 2.70. The number of sulfonamides is 1. The van der Waals surface area contributed by atoms with Crippen LogP contribution >= 0.6 is 0 Å². The number of carbonyl (C=O) groups excluding carboxylic acids is 1. The van der Waals surface area contributed by atoms with Gasteiger partial charge in [-0.05, 0) is 54.8 Å². The maximum absolute atomic E-state index is 13.1. The Labute approximate surface area is 173 Å². The minimum atomic E-state index is -3.61. The smallest absolute Gasteiger partial charge is 0.253 e. The number of amides is 1. The molecule has 3 rings (SSSR count). The molecule has 8 heteroatoms. The number of hydrogen-bond donors (Lipinski definition) is 0. The van der Waals surface area contributed by atoms with Gasteiger partial charge >= 0.3 is 0 Å². The quantitative estimate of drug-likeness (QED) is 0.744. The molecule has 1 fully saturated rings. The zero-order valence-electron chi connectivity index (χ0n) is 17.4. The van der Waals surface area contributed by atoms with Gasteiger partial charge in [0.25, 0.3) is 5.91 Å². The molecule has 7 nitrogen and oxygen atoms in total. The predicted molar refractivity (Wildman–Crippen MR) is 112 cm³/mol. The second-order valence-corrected chi connectivity index (χ2v) is 9.75. The molecule has 0 aliphatic carbocycles. The standard InChI is InChI=1S/C21H28N4O3S/c1-16-13-19(14-20(17(16)2)29(27,28)23(3)4)21(26)25-11-9-24(10-12-25)15-18-5-7-22-8-6-18/h5-8,13-14H,9-12,15H2,1-4H3. The van der Waals surface area contributed by atoms with Crippen LogP contribution < -0.4 is 0 Å². The van der Waals surface area contributed by atoms with Gasteiger partial charge in [-0.15, -0.1) is 0 Å². The molecule has 1 aliphatic rings. The highest BCUT2D eigenvalue weighted by Crippen LogP contribution is 2.24. The van der Waals surface area contributed by atoms with Crippen LogP contribution in [0.5, 0.6) is 0 Å². The molecule has 2 aromatic rings. The molecular formula is C21H28N4O3S. The SMILES string of the molecule is Cc1cc(C(=O)N2CCN(Cc3ccncc3)CC2)cc(S(=O)(=O)N(C)C)c1C. The summed E-state index contributed by atoms with van der Waals surface area (Å²) in [7, 11) is -0.610. The van der Waals surface area contributed by atoms with Crippen molar-refractivity contribution in [2.75, 3.05) is 40.3 Å². The number of aryl methyl sites for hydroxylation is 1.